The van der Waals surface area contributed by atoms with Crippen molar-refractivity contribution in [2.24, 2.45) is 0 Å². The number of anilines is 1. The number of aromatic nitrogens is 1. The highest BCUT2D eigenvalue weighted by atomic mass is 32.1. The maximum atomic E-state index is 4.30. The third-order valence-corrected chi connectivity index (χ3v) is 2.94. The van der Waals surface area contributed by atoms with E-state index >= 15 is 0 Å². The van der Waals surface area contributed by atoms with Gasteiger partial charge in [-0.25, -0.2) is 4.98 Å². The minimum Gasteiger partial charge on any atom is -0.385 e. The second-order valence-electron chi connectivity index (χ2n) is 3.34. The van der Waals surface area contributed by atoms with E-state index in [9.17, 15) is 0 Å². The SMILES string of the molecule is CCCNc1cccc(-c2nccs2)c1. The molecular weight excluding hydrogens is 204 g/mol. The maximum absolute atomic E-state index is 4.30. The molecule has 1 aromatic carbocycles. The van der Waals surface area contributed by atoms with E-state index in [-0.39, 0.29) is 0 Å². The molecule has 2 nitrogen and oxygen atoms in total. The average Bonchev–Trinajstić information content (AvgIpc) is 2.80. The Morgan fingerprint density at radius 3 is 3.07 bits per heavy atom. The third-order valence-electron chi connectivity index (χ3n) is 2.12. The Balaban J connectivity index is 2.19. The first-order valence-corrected chi connectivity index (χ1v) is 6.02. The minimum atomic E-state index is 1.02. The summed E-state index contributed by atoms with van der Waals surface area (Å²) in [6.07, 6.45) is 2.98. The van der Waals surface area contributed by atoms with Crippen LogP contribution in [0.2, 0.25) is 0 Å². The molecule has 0 amide bonds. The van der Waals surface area contributed by atoms with E-state index in [0.29, 0.717) is 0 Å². The molecule has 0 atom stereocenters. The van der Waals surface area contributed by atoms with Crippen LogP contribution in [0.5, 0.6) is 0 Å². The van der Waals surface area contributed by atoms with Crippen molar-refractivity contribution in [2.45, 2.75) is 13.3 Å². The number of nitrogens with one attached hydrogen (secondary N) is 1. The molecule has 0 aliphatic heterocycles. The van der Waals surface area contributed by atoms with Crippen molar-refractivity contribution in [3.8, 4) is 10.6 Å². The quantitative estimate of drug-likeness (QED) is 0.847. The van der Waals surface area contributed by atoms with Gasteiger partial charge in [-0.2, -0.15) is 0 Å². The normalized spacial score (nSPS) is 10.2. The smallest absolute Gasteiger partial charge is 0.123 e. The number of hydrogen-bond acceptors (Lipinski definition) is 3. The lowest BCUT2D eigenvalue weighted by Crippen LogP contribution is -1.99. The Hall–Kier alpha value is -1.35. The zero-order chi connectivity index (χ0) is 10.5. The lowest BCUT2D eigenvalue weighted by molar-refractivity contribution is 0.980. The van der Waals surface area contributed by atoms with Gasteiger partial charge in [0.2, 0.25) is 0 Å². The van der Waals surface area contributed by atoms with Crippen LogP contribution in [0.1, 0.15) is 13.3 Å². The van der Waals surface area contributed by atoms with E-state index in [0.717, 1.165) is 18.0 Å². The maximum Gasteiger partial charge on any atom is 0.123 e. The monoisotopic (exact) mass is 218 g/mol. The van der Waals surface area contributed by atoms with Gasteiger partial charge in [0.05, 0.1) is 0 Å². The summed E-state index contributed by atoms with van der Waals surface area (Å²) >= 11 is 1.67. The second-order valence-corrected chi connectivity index (χ2v) is 4.24. The third kappa shape index (κ3) is 2.57. The minimum absolute atomic E-state index is 1.02. The van der Waals surface area contributed by atoms with Gasteiger partial charge in [0.1, 0.15) is 5.01 Å². The van der Waals surface area contributed by atoms with Gasteiger partial charge in [-0.15, -0.1) is 11.3 Å². The molecular formula is C12H14N2S. The first-order valence-electron chi connectivity index (χ1n) is 5.14. The van der Waals surface area contributed by atoms with Crippen LogP contribution in [0.15, 0.2) is 35.8 Å². The molecule has 0 aliphatic rings. The molecule has 1 N–H and O–H groups in total. The van der Waals surface area contributed by atoms with Crippen LogP contribution < -0.4 is 5.32 Å². The highest BCUT2D eigenvalue weighted by Crippen LogP contribution is 2.24. The predicted molar refractivity (Wildman–Crippen MR) is 66.3 cm³/mol. The number of hydrogen-bond donors (Lipinski definition) is 1. The van der Waals surface area contributed by atoms with Crippen molar-refractivity contribution in [1.82, 2.24) is 4.98 Å². The van der Waals surface area contributed by atoms with Crippen LogP contribution in [-0.2, 0) is 0 Å². The Labute approximate surface area is 94.0 Å². The number of benzene rings is 1. The summed E-state index contributed by atoms with van der Waals surface area (Å²) in [5.41, 5.74) is 2.36. The van der Waals surface area contributed by atoms with Crippen LogP contribution in [0, 0.1) is 0 Å². The fourth-order valence-corrected chi connectivity index (χ4v) is 2.03. The van der Waals surface area contributed by atoms with Gasteiger partial charge in [-0.05, 0) is 18.6 Å². The highest BCUT2D eigenvalue weighted by molar-refractivity contribution is 7.13. The van der Waals surface area contributed by atoms with Gasteiger partial charge in [-0.3, -0.25) is 0 Å². The first-order chi connectivity index (χ1) is 7.40. The molecule has 3 heteroatoms. The summed E-state index contributed by atoms with van der Waals surface area (Å²) < 4.78 is 0. The topological polar surface area (TPSA) is 24.9 Å². The molecule has 0 saturated heterocycles. The Morgan fingerprint density at radius 2 is 2.33 bits per heavy atom. The molecule has 1 aromatic heterocycles. The van der Waals surface area contributed by atoms with Crippen molar-refractivity contribution >= 4 is 17.0 Å². The zero-order valence-electron chi connectivity index (χ0n) is 8.73. The fraction of sp³-hybridized carbons (Fsp3) is 0.250. The van der Waals surface area contributed by atoms with E-state index in [2.05, 4.69) is 41.5 Å². The summed E-state index contributed by atoms with van der Waals surface area (Å²) in [6, 6.07) is 8.39. The fourth-order valence-electron chi connectivity index (χ4n) is 1.40. The molecule has 0 aliphatic carbocycles. The van der Waals surface area contributed by atoms with E-state index in [1.165, 1.54) is 11.3 Å². The summed E-state index contributed by atoms with van der Waals surface area (Å²) in [7, 11) is 0. The van der Waals surface area contributed by atoms with Gasteiger partial charge >= 0.3 is 0 Å². The number of rotatable bonds is 4. The molecule has 0 spiro atoms. The van der Waals surface area contributed by atoms with Crippen LogP contribution in [0.3, 0.4) is 0 Å². The lowest BCUT2D eigenvalue weighted by atomic mass is 10.2. The first kappa shape index (κ1) is 10.2. The van der Waals surface area contributed by atoms with Crippen molar-refractivity contribution in [3.63, 3.8) is 0 Å². The van der Waals surface area contributed by atoms with Gasteiger partial charge < -0.3 is 5.32 Å². The lowest BCUT2D eigenvalue weighted by Gasteiger charge is -2.05. The standard InChI is InChI=1S/C12H14N2S/c1-2-6-13-11-5-3-4-10(9-11)12-14-7-8-15-12/h3-5,7-9,13H,2,6H2,1H3. The van der Waals surface area contributed by atoms with Crippen LogP contribution >= 0.6 is 11.3 Å². The van der Waals surface area contributed by atoms with Crippen LogP contribution in [0.4, 0.5) is 5.69 Å². The molecule has 1 heterocycles. The number of nitrogens with zero attached hydrogens (tertiary/aromatic N) is 1. The summed E-state index contributed by atoms with van der Waals surface area (Å²) in [5.74, 6) is 0. The zero-order valence-corrected chi connectivity index (χ0v) is 9.55. The molecule has 15 heavy (non-hydrogen) atoms. The summed E-state index contributed by atoms with van der Waals surface area (Å²) in [4.78, 5) is 4.30. The molecule has 0 bridgehead atoms. The second kappa shape index (κ2) is 4.94. The highest BCUT2D eigenvalue weighted by Gasteiger charge is 2.00. The van der Waals surface area contributed by atoms with Crippen molar-refractivity contribution in [1.29, 1.82) is 0 Å². The molecule has 0 fully saturated rings. The van der Waals surface area contributed by atoms with Crippen molar-refractivity contribution in [3.05, 3.63) is 35.8 Å². The molecule has 0 radical (unpaired) electrons. The molecule has 0 saturated carbocycles. The van der Waals surface area contributed by atoms with Crippen molar-refractivity contribution < 1.29 is 0 Å². The molecule has 2 aromatic rings. The van der Waals surface area contributed by atoms with Gasteiger partial charge in [0, 0.05) is 29.4 Å². The molecule has 2 rings (SSSR count). The van der Waals surface area contributed by atoms with E-state index in [1.54, 1.807) is 11.3 Å². The van der Waals surface area contributed by atoms with E-state index in [4.69, 9.17) is 0 Å². The largest absolute Gasteiger partial charge is 0.385 e. The molecule has 0 unspecified atom stereocenters. The predicted octanol–water partition coefficient (Wildman–Crippen LogP) is 3.63. The van der Waals surface area contributed by atoms with Gasteiger partial charge in [-0.1, -0.05) is 19.1 Å². The Kier molecular flexibility index (Phi) is 3.35. The van der Waals surface area contributed by atoms with Gasteiger partial charge in [0.15, 0.2) is 0 Å². The van der Waals surface area contributed by atoms with Crippen LogP contribution in [-0.4, -0.2) is 11.5 Å². The van der Waals surface area contributed by atoms with Crippen LogP contribution in [0.25, 0.3) is 10.6 Å². The Morgan fingerprint density at radius 1 is 1.40 bits per heavy atom. The summed E-state index contributed by atoms with van der Waals surface area (Å²) in [5, 5.41) is 6.45. The Bertz CT molecular complexity index is 409. The van der Waals surface area contributed by atoms with Gasteiger partial charge in [0.25, 0.3) is 0 Å². The summed E-state index contributed by atoms with van der Waals surface area (Å²) in [6.45, 7) is 3.18. The molecule has 78 valence electrons. The van der Waals surface area contributed by atoms with Crippen molar-refractivity contribution in [2.75, 3.05) is 11.9 Å². The average molecular weight is 218 g/mol. The van der Waals surface area contributed by atoms with E-state index < -0.39 is 0 Å². The number of thiazole rings is 1. The van der Waals surface area contributed by atoms with E-state index in [1.807, 2.05) is 11.6 Å².